The fourth-order valence-corrected chi connectivity index (χ4v) is 2.53. The van der Waals surface area contributed by atoms with Crippen molar-refractivity contribution in [3.63, 3.8) is 0 Å². The Labute approximate surface area is 146 Å². The van der Waals surface area contributed by atoms with Crippen LogP contribution in [-0.4, -0.2) is 27.6 Å². The molecular formula is C19H22N2O4. The molecule has 0 aliphatic rings. The molecule has 0 bridgehead atoms. The first kappa shape index (κ1) is 18.4. The molecule has 0 saturated carbocycles. The maximum absolute atomic E-state index is 12.0. The van der Waals surface area contributed by atoms with E-state index in [9.17, 15) is 19.5 Å². The molecule has 2 N–H and O–H groups in total. The number of aryl methyl sites for hydroxylation is 1. The minimum absolute atomic E-state index is 0.0687. The molecule has 1 aromatic heterocycles. The maximum atomic E-state index is 12.0. The summed E-state index contributed by atoms with van der Waals surface area (Å²) >= 11 is 0. The first-order valence-corrected chi connectivity index (χ1v) is 8.28. The number of rotatable bonds is 9. The van der Waals surface area contributed by atoms with Crippen LogP contribution in [0.1, 0.15) is 24.8 Å². The van der Waals surface area contributed by atoms with Crippen molar-refractivity contribution in [3.8, 4) is 0 Å². The van der Waals surface area contributed by atoms with Gasteiger partial charge in [0.05, 0.1) is 0 Å². The second kappa shape index (κ2) is 9.42. The summed E-state index contributed by atoms with van der Waals surface area (Å²) in [5, 5.41) is 11.8. The minimum Gasteiger partial charge on any atom is -0.480 e. The number of pyridine rings is 1. The van der Waals surface area contributed by atoms with E-state index < -0.39 is 12.0 Å². The molecule has 0 spiro atoms. The number of hydrogen-bond donors (Lipinski definition) is 2. The second-order valence-corrected chi connectivity index (χ2v) is 5.84. The summed E-state index contributed by atoms with van der Waals surface area (Å²) in [4.78, 5) is 34.9. The highest BCUT2D eigenvalue weighted by Gasteiger charge is 2.19. The molecule has 132 valence electrons. The molecule has 0 fully saturated rings. The van der Waals surface area contributed by atoms with Crippen molar-refractivity contribution in [1.82, 2.24) is 9.88 Å². The number of carbonyl (C=O) groups is 2. The highest BCUT2D eigenvalue weighted by atomic mass is 16.4. The molecule has 1 aromatic carbocycles. The van der Waals surface area contributed by atoms with Gasteiger partial charge in [0.15, 0.2) is 0 Å². The summed E-state index contributed by atoms with van der Waals surface area (Å²) in [6.07, 6.45) is 3.46. The van der Waals surface area contributed by atoms with E-state index in [2.05, 4.69) is 5.32 Å². The van der Waals surface area contributed by atoms with Crippen LogP contribution in [-0.2, 0) is 22.6 Å². The van der Waals surface area contributed by atoms with E-state index >= 15 is 0 Å². The topological polar surface area (TPSA) is 88.4 Å². The number of aliphatic carboxylic acids is 1. The monoisotopic (exact) mass is 342 g/mol. The van der Waals surface area contributed by atoms with E-state index in [1.165, 1.54) is 6.07 Å². The van der Waals surface area contributed by atoms with Gasteiger partial charge in [0.1, 0.15) is 6.04 Å². The Morgan fingerprint density at radius 1 is 1.04 bits per heavy atom. The number of unbranched alkanes of at least 4 members (excludes halogenated alkanes) is 1. The van der Waals surface area contributed by atoms with Crippen LogP contribution in [0.3, 0.4) is 0 Å². The molecule has 1 heterocycles. The average Bonchev–Trinajstić information content (AvgIpc) is 2.60. The average molecular weight is 342 g/mol. The Balaban J connectivity index is 1.76. The number of carboxylic acid groups (broad SMARTS) is 1. The van der Waals surface area contributed by atoms with Gasteiger partial charge in [-0.25, -0.2) is 4.79 Å². The van der Waals surface area contributed by atoms with E-state index in [-0.39, 0.29) is 24.3 Å². The quantitative estimate of drug-likeness (QED) is 0.681. The Hall–Kier alpha value is -2.89. The van der Waals surface area contributed by atoms with Gasteiger partial charge in [-0.15, -0.1) is 0 Å². The normalized spacial score (nSPS) is 11.7. The SMILES string of the molecule is O=C(CCCCn1ccccc1=O)NC(Cc1ccccc1)C(=O)O. The van der Waals surface area contributed by atoms with Crippen molar-refractivity contribution < 1.29 is 14.7 Å². The van der Waals surface area contributed by atoms with Gasteiger partial charge in [0, 0.05) is 31.6 Å². The Kier molecular flexibility index (Phi) is 6.95. The molecule has 0 aliphatic carbocycles. The number of benzene rings is 1. The molecule has 6 nitrogen and oxygen atoms in total. The second-order valence-electron chi connectivity index (χ2n) is 5.84. The van der Waals surface area contributed by atoms with Crippen molar-refractivity contribution in [2.75, 3.05) is 0 Å². The standard InChI is InChI=1S/C19H22N2O4/c22-17(10-4-6-12-21-13-7-5-11-18(21)23)20-16(19(24)25)14-15-8-2-1-3-9-15/h1-3,5,7-9,11,13,16H,4,6,10,12,14H2,(H,20,22)(H,24,25). The number of aromatic nitrogens is 1. The fourth-order valence-electron chi connectivity index (χ4n) is 2.53. The number of nitrogens with one attached hydrogen (secondary N) is 1. The lowest BCUT2D eigenvalue weighted by atomic mass is 10.1. The summed E-state index contributed by atoms with van der Waals surface area (Å²) in [6, 6.07) is 13.2. The van der Waals surface area contributed by atoms with Crippen LogP contribution in [0.5, 0.6) is 0 Å². The van der Waals surface area contributed by atoms with E-state index in [1.807, 2.05) is 30.3 Å². The fraction of sp³-hybridized carbons (Fsp3) is 0.316. The molecule has 1 unspecified atom stereocenters. The van der Waals surface area contributed by atoms with Gasteiger partial charge in [0.2, 0.25) is 11.5 Å². The van der Waals surface area contributed by atoms with Crippen LogP contribution in [0.15, 0.2) is 59.5 Å². The van der Waals surface area contributed by atoms with E-state index in [0.717, 1.165) is 5.56 Å². The lowest BCUT2D eigenvalue weighted by molar-refractivity contribution is -0.141. The van der Waals surface area contributed by atoms with Crippen LogP contribution in [0, 0.1) is 0 Å². The predicted octanol–water partition coefficient (Wildman–Crippen LogP) is 1.83. The van der Waals surface area contributed by atoms with E-state index in [0.29, 0.717) is 19.4 Å². The Bertz CT molecular complexity index is 755. The van der Waals surface area contributed by atoms with Crippen LogP contribution in [0.25, 0.3) is 0 Å². The third kappa shape index (κ3) is 6.25. The zero-order valence-electron chi connectivity index (χ0n) is 13.9. The molecule has 2 rings (SSSR count). The molecule has 1 atom stereocenters. The first-order valence-electron chi connectivity index (χ1n) is 8.28. The smallest absolute Gasteiger partial charge is 0.326 e. The molecule has 0 saturated heterocycles. The number of carboxylic acids is 1. The zero-order chi connectivity index (χ0) is 18.1. The lowest BCUT2D eigenvalue weighted by Gasteiger charge is -2.14. The van der Waals surface area contributed by atoms with Crippen molar-refractivity contribution in [3.05, 3.63) is 70.6 Å². The summed E-state index contributed by atoms with van der Waals surface area (Å²) in [5.41, 5.74) is 0.791. The van der Waals surface area contributed by atoms with Crippen molar-refractivity contribution in [2.24, 2.45) is 0 Å². The van der Waals surface area contributed by atoms with Crippen LogP contribution >= 0.6 is 0 Å². The Morgan fingerprint density at radius 2 is 1.76 bits per heavy atom. The zero-order valence-corrected chi connectivity index (χ0v) is 13.9. The van der Waals surface area contributed by atoms with Gasteiger partial charge >= 0.3 is 5.97 Å². The van der Waals surface area contributed by atoms with Crippen molar-refractivity contribution >= 4 is 11.9 Å². The maximum Gasteiger partial charge on any atom is 0.326 e. The van der Waals surface area contributed by atoms with Crippen LogP contribution < -0.4 is 10.9 Å². The minimum atomic E-state index is -1.05. The number of amides is 1. The number of carbonyl (C=O) groups excluding carboxylic acids is 1. The highest BCUT2D eigenvalue weighted by Crippen LogP contribution is 2.05. The van der Waals surface area contributed by atoms with E-state index in [1.54, 1.807) is 22.9 Å². The highest BCUT2D eigenvalue weighted by molar-refractivity contribution is 5.83. The van der Waals surface area contributed by atoms with Crippen LogP contribution in [0.4, 0.5) is 0 Å². The van der Waals surface area contributed by atoms with Gasteiger partial charge < -0.3 is 15.0 Å². The Morgan fingerprint density at radius 3 is 2.44 bits per heavy atom. The molecule has 0 aliphatic heterocycles. The summed E-state index contributed by atoms with van der Waals surface area (Å²) < 4.78 is 1.59. The molecule has 6 heteroatoms. The number of hydrogen-bond acceptors (Lipinski definition) is 3. The summed E-state index contributed by atoms with van der Waals surface area (Å²) in [5.74, 6) is -1.34. The van der Waals surface area contributed by atoms with Gasteiger partial charge in [-0.05, 0) is 24.5 Å². The van der Waals surface area contributed by atoms with Crippen LogP contribution in [0.2, 0.25) is 0 Å². The third-order valence-corrected chi connectivity index (χ3v) is 3.87. The van der Waals surface area contributed by atoms with Crippen molar-refractivity contribution in [1.29, 1.82) is 0 Å². The molecular weight excluding hydrogens is 320 g/mol. The summed E-state index contributed by atoms with van der Waals surface area (Å²) in [7, 11) is 0. The number of nitrogens with zero attached hydrogens (tertiary/aromatic N) is 1. The molecule has 0 radical (unpaired) electrons. The van der Waals surface area contributed by atoms with E-state index in [4.69, 9.17) is 0 Å². The van der Waals surface area contributed by atoms with Gasteiger partial charge in [-0.3, -0.25) is 9.59 Å². The largest absolute Gasteiger partial charge is 0.480 e. The van der Waals surface area contributed by atoms with Gasteiger partial charge in [-0.1, -0.05) is 36.4 Å². The van der Waals surface area contributed by atoms with Gasteiger partial charge in [-0.2, -0.15) is 0 Å². The molecule has 2 aromatic rings. The van der Waals surface area contributed by atoms with Crippen molar-refractivity contribution in [2.45, 2.75) is 38.3 Å². The third-order valence-electron chi connectivity index (χ3n) is 3.87. The molecule has 1 amide bonds. The predicted molar refractivity (Wildman–Crippen MR) is 94.3 cm³/mol. The summed E-state index contributed by atoms with van der Waals surface area (Å²) in [6.45, 7) is 0.541. The van der Waals surface area contributed by atoms with Gasteiger partial charge in [0.25, 0.3) is 0 Å². The first-order chi connectivity index (χ1) is 12.1. The molecule has 25 heavy (non-hydrogen) atoms. The lowest BCUT2D eigenvalue weighted by Crippen LogP contribution is -2.42.